The van der Waals surface area contributed by atoms with Crippen molar-refractivity contribution in [3.05, 3.63) is 71.7 Å². The highest BCUT2D eigenvalue weighted by atomic mass is 13.9. The Kier molecular flexibility index (Phi) is 6.94. The Morgan fingerprint density at radius 3 is 2.61 bits per heavy atom. The van der Waals surface area contributed by atoms with Crippen molar-refractivity contribution >= 4 is 7.28 Å². The van der Waals surface area contributed by atoms with Gasteiger partial charge in [-0.25, -0.2) is 0 Å². The minimum atomic E-state index is 1.12. The molecule has 0 saturated carbocycles. The van der Waals surface area contributed by atoms with Crippen molar-refractivity contribution in [3.8, 4) is 0 Å². The maximum absolute atomic E-state index is 3.77. The van der Waals surface area contributed by atoms with Gasteiger partial charge in [-0.2, -0.15) is 0 Å². The van der Waals surface area contributed by atoms with E-state index in [0.29, 0.717) is 0 Å². The lowest BCUT2D eigenvalue weighted by Gasteiger charge is -2.03. The van der Waals surface area contributed by atoms with Crippen molar-refractivity contribution in [2.24, 2.45) is 0 Å². The molecular formula is C17H22B. The summed E-state index contributed by atoms with van der Waals surface area (Å²) in [6.07, 6.45) is 9.68. The van der Waals surface area contributed by atoms with E-state index in [2.05, 4.69) is 70.2 Å². The number of hydrogen-bond donors (Lipinski definition) is 0. The van der Waals surface area contributed by atoms with Gasteiger partial charge < -0.3 is 0 Å². The molecule has 1 radical (unpaired) electrons. The third-order valence-corrected chi connectivity index (χ3v) is 2.94. The van der Waals surface area contributed by atoms with Crippen LogP contribution in [0.25, 0.3) is 0 Å². The van der Waals surface area contributed by atoms with Crippen LogP contribution in [-0.4, -0.2) is 7.28 Å². The summed E-state index contributed by atoms with van der Waals surface area (Å²) in [5.74, 6) is 0. The maximum Gasteiger partial charge on any atom is 0.151 e. The van der Waals surface area contributed by atoms with Gasteiger partial charge in [0.2, 0.25) is 0 Å². The van der Waals surface area contributed by atoms with E-state index >= 15 is 0 Å². The quantitative estimate of drug-likeness (QED) is 0.363. The van der Waals surface area contributed by atoms with Gasteiger partial charge in [0.15, 0.2) is 7.28 Å². The number of rotatable bonds is 7. The Morgan fingerprint density at radius 2 is 2.00 bits per heavy atom. The van der Waals surface area contributed by atoms with E-state index in [0.717, 1.165) is 12.7 Å². The van der Waals surface area contributed by atoms with Gasteiger partial charge in [-0.3, -0.25) is 0 Å². The molecule has 0 aliphatic heterocycles. The number of allylic oxidation sites excluding steroid dienone is 5. The van der Waals surface area contributed by atoms with Gasteiger partial charge >= 0.3 is 0 Å². The summed E-state index contributed by atoms with van der Waals surface area (Å²) in [5, 5.41) is 0. The fourth-order valence-corrected chi connectivity index (χ4v) is 1.80. The second-order valence-corrected chi connectivity index (χ2v) is 4.46. The molecule has 1 aromatic carbocycles. The molecule has 18 heavy (non-hydrogen) atoms. The van der Waals surface area contributed by atoms with Crippen LogP contribution in [0, 0.1) is 0 Å². The lowest BCUT2D eigenvalue weighted by molar-refractivity contribution is 0.915. The van der Waals surface area contributed by atoms with Gasteiger partial charge in [-0.15, -0.1) is 0 Å². The molecule has 93 valence electrons. The van der Waals surface area contributed by atoms with E-state index < -0.39 is 0 Å². The summed E-state index contributed by atoms with van der Waals surface area (Å²) in [6, 6.07) is 10.7. The summed E-state index contributed by atoms with van der Waals surface area (Å²) in [5.41, 5.74) is 3.92. The molecule has 0 N–H and O–H groups in total. The zero-order chi connectivity index (χ0) is 13.2. The fraction of sp³-hybridized carbons (Fsp3) is 0.294. The minimum Gasteiger partial charge on any atom is -0.0988 e. The minimum absolute atomic E-state index is 1.12. The van der Waals surface area contributed by atoms with Gasteiger partial charge in [0, 0.05) is 0 Å². The summed E-state index contributed by atoms with van der Waals surface area (Å²) < 4.78 is 0. The smallest absolute Gasteiger partial charge is 0.0988 e. The second-order valence-electron chi connectivity index (χ2n) is 4.46. The number of aryl methyl sites for hydroxylation is 1. The number of hydrogen-bond acceptors (Lipinski definition) is 0. The molecule has 0 saturated heterocycles. The van der Waals surface area contributed by atoms with Crippen LogP contribution >= 0.6 is 0 Å². The molecule has 0 heterocycles. The first-order valence-corrected chi connectivity index (χ1v) is 6.60. The molecule has 0 aromatic heterocycles. The van der Waals surface area contributed by atoms with Crippen LogP contribution < -0.4 is 0 Å². The normalized spacial score (nSPS) is 12.3. The SMILES string of the molecule is C=C/C(C)=C\C([B]CCCc1ccccc1)=C/C. The summed E-state index contributed by atoms with van der Waals surface area (Å²) in [7, 11) is 2.30. The zero-order valence-corrected chi connectivity index (χ0v) is 11.5. The van der Waals surface area contributed by atoms with Crippen molar-refractivity contribution < 1.29 is 0 Å². The Morgan fingerprint density at radius 1 is 1.28 bits per heavy atom. The third kappa shape index (κ3) is 5.72. The monoisotopic (exact) mass is 237 g/mol. The first-order chi connectivity index (χ1) is 8.76. The zero-order valence-electron chi connectivity index (χ0n) is 11.5. The van der Waals surface area contributed by atoms with Gasteiger partial charge in [-0.05, 0) is 25.8 Å². The Hall–Kier alpha value is -1.50. The average molecular weight is 237 g/mol. The fourth-order valence-electron chi connectivity index (χ4n) is 1.80. The predicted molar refractivity (Wildman–Crippen MR) is 83.0 cm³/mol. The molecule has 0 amide bonds. The Bertz CT molecular complexity index is 412. The van der Waals surface area contributed by atoms with Crippen LogP contribution in [0.5, 0.6) is 0 Å². The highest BCUT2D eigenvalue weighted by molar-refractivity contribution is 6.46. The van der Waals surface area contributed by atoms with Crippen molar-refractivity contribution in [2.45, 2.75) is 33.0 Å². The molecule has 0 aliphatic rings. The Labute approximate surface area is 112 Å². The largest absolute Gasteiger partial charge is 0.151 e. The first-order valence-electron chi connectivity index (χ1n) is 6.60. The summed E-state index contributed by atoms with van der Waals surface area (Å²) >= 11 is 0. The molecule has 0 atom stereocenters. The van der Waals surface area contributed by atoms with E-state index in [4.69, 9.17) is 0 Å². The maximum atomic E-state index is 3.77. The van der Waals surface area contributed by atoms with Gasteiger partial charge in [0.1, 0.15) is 0 Å². The van der Waals surface area contributed by atoms with Crippen LogP contribution in [0.2, 0.25) is 6.32 Å². The van der Waals surface area contributed by atoms with Crippen molar-refractivity contribution in [2.75, 3.05) is 0 Å². The molecule has 0 nitrogen and oxygen atoms in total. The molecule has 1 aromatic rings. The van der Waals surface area contributed by atoms with E-state index in [9.17, 15) is 0 Å². The van der Waals surface area contributed by atoms with E-state index in [1.807, 2.05) is 6.08 Å². The highest BCUT2D eigenvalue weighted by Crippen LogP contribution is 2.08. The second kappa shape index (κ2) is 8.57. The van der Waals surface area contributed by atoms with Gasteiger partial charge in [0.25, 0.3) is 0 Å². The molecule has 0 bridgehead atoms. The summed E-state index contributed by atoms with van der Waals surface area (Å²) in [4.78, 5) is 0. The topological polar surface area (TPSA) is 0 Å². The molecular weight excluding hydrogens is 215 g/mol. The van der Waals surface area contributed by atoms with E-state index in [-0.39, 0.29) is 0 Å². The standard InChI is InChI=1S/C17H22B/c1-4-15(3)14-17(5-2)18-13-9-12-16-10-7-6-8-11-16/h4-8,10-11,14H,1,9,12-13H2,2-3H3/b15-14-,17-5+. The first kappa shape index (κ1) is 14.6. The molecule has 0 aliphatic carbocycles. The predicted octanol–water partition coefficient (Wildman–Crippen LogP) is 4.78. The molecule has 0 unspecified atom stereocenters. The van der Waals surface area contributed by atoms with Gasteiger partial charge in [0.05, 0.1) is 0 Å². The highest BCUT2D eigenvalue weighted by Gasteiger charge is 1.97. The lowest BCUT2D eigenvalue weighted by Crippen LogP contribution is -1.95. The average Bonchev–Trinajstić information content (AvgIpc) is 2.43. The van der Waals surface area contributed by atoms with Gasteiger partial charge in [-0.1, -0.05) is 78.9 Å². The molecule has 0 fully saturated rings. The van der Waals surface area contributed by atoms with Crippen molar-refractivity contribution in [3.63, 3.8) is 0 Å². The molecule has 1 heteroatoms. The molecule has 0 spiro atoms. The molecule has 1 rings (SSSR count). The van der Waals surface area contributed by atoms with Crippen LogP contribution in [-0.2, 0) is 6.42 Å². The van der Waals surface area contributed by atoms with Crippen molar-refractivity contribution in [1.29, 1.82) is 0 Å². The van der Waals surface area contributed by atoms with Crippen molar-refractivity contribution in [1.82, 2.24) is 0 Å². The van der Waals surface area contributed by atoms with E-state index in [1.165, 1.54) is 23.0 Å². The number of benzene rings is 1. The lowest BCUT2D eigenvalue weighted by atomic mass is 9.64. The van der Waals surface area contributed by atoms with Crippen LogP contribution in [0.4, 0.5) is 0 Å². The Balaban J connectivity index is 2.31. The third-order valence-electron chi connectivity index (χ3n) is 2.94. The van der Waals surface area contributed by atoms with E-state index in [1.54, 1.807) is 0 Å². The summed E-state index contributed by atoms with van der Waals surface area (Å²) in [6.45, 7) is 7.93. The van der Waals surface area contributed by atoms with Crippen LogP contribution in [0.15, 0.2) is 66.2 Å². The van der Waals surface area contributed by atoms with Crippen LogP contribution in [0.1, 0.15) is 25.8 Å². The van der Waals surface area contributed by atoms with Crippen LogP contribution in [0.3, 0.4) is 0 Å².